The van der Waals surface area contributed by atoms with Gasteiger partial charge in [-0.3, -0.25) is 18.6 Å². The van der Waals surface area contributed by atoms with Crippen LogP contribution in [0.3, 0.4) is 0 Å². The summed E-state index contributed by atoms with van der Waals surface area (Å²) >= 11 is 0. The van der Waals surface area contributed by atoms with Crippen LogP contribution < -0.4 is 0 Å². The first-order valence-corrected chi connectivity index (χ1v) is 23.6. The Labute approximate surface area is 343 Å². The van der Waals surface area contributed by atoms with Crippen LogP contribution >= 0.6 is 7.82 Å². The molecule has 0 aliphatic heterocycles. The van der Waals surface area contributed by atoms with Crippen LogP contribution in [-0.2, 0) is 32.7 Å². The molecule has 0 aromatic carbocycles. The number of allylic oxidation sites excluding steroid dienone is 4. The largest absolute Gasteiger partial charge is 0.472 e. The van der Waals surface area contributed by atoms with Crippen molar-refractivity contribution in [3.63, 3.8) is 0 Å². The van der Waals surface area contributed by atoms with E-state index in [4.69, 9.17) is 18.5 Å². The lowest BCUT2D eigenvalue weighted by molar-refractivity contribution is -0.220. The number of rotatable bonds is 36. The van der Waals surface area contributed by atoms with Gasteiger partial charge in [-0.05, 0) is 64.2 Å². The first-order chi connectivity index (χ1) is 27.4. The lowest BCUT2D eigenvalue weighted by Gasteiger charge is -2.41. The van der Waals surface area contributed by atoms with E-state index in [-0.39, 0.29) is 12.8 Å². The first-order valence-electron chi connectivity index (χ1n) is 22.1. The molecule has 13 nitrogen and oxygen atoms in total. The molecular formula is C43H79O13P. The van der Waals surface area contributed by atoms with Crippen molar-refractivity contribution in [1.29, 1.82) is 0 Å². The second kappa shape index (κ2) is 34.1. The monoisotopic (exact) mass is 835 g/mol. The lowest BCUT2D eigenvalue weighted by atomic mass is 9.85. The van der Waals surface area contributed by atoms with Crippen molar-refractivity contribution in [3.8, 4) is 0 Å². The number of carbonyl (C=O) groups excluding carboxylic acids is 2. The van der Waals surface area contributed by atoms with Crippen LogP contribution in [0, 0.1) is 0 Å². The molecule has 0 spiro atoms. The van der Waals surface area contributed by atoms with Crippen LogP contribution in [0.15, 0.2) is 24.3 Å². The van der Waals surface area contributed by atoms with Gasteiger partial charge in [0.05, 0.1) is 6.61 Å². The highest BCUT2D eigenvalue weighted by molar-refractivity contribution is 7.47. The molecule has 0 aromatic rings. The van der Waals surface area contributed by atoms with E-state index in [9.17, 15) is 44.6 Å². The van der Waals surface area contributed by atoms with Gasteiger partial charge in [0.15, 0.2) is 6.10 Å². The Hall–Kier alpha value is -1.67. The molecule has 334 valence electrons. The van der Waals surface area contributed by atoms with Gasteiger partial charge < -0.3 is 39.9 Å². The van der Waals surface area contributed by atoms with E-state index in [0.717, 1.165) is 70.6 Å². The summed E-state index contributed by atoms with van der Waals surface area (Å²) in [6.07, 6.45) is 22.4. The van der Waals surface area contributed by atoms with Crippen molar-refractivity contribution in [2.45, 2.75) is 224 Å². The minimum absolute atomic E-state index is 0.0871. The molecule has 57 heavy (non-hydrogen) atoms. The van der Waals surface area contributed by atoms with Gasteiger partial charge in [0, 0.05) is 12.8 Å². The van der Waals surface area contributed by atoms with Crippen molar-refractivity contribution in [1.82, 2.24) is 0 Å². The number of ether oxygens (including phenoxy) is 2. The molecule has 1 fully saturated rings. The second-order valence-corrected chi connectivity index (χ2v) is 16.9. The van der Waals surface area contributed by atoms with Crippen LogP contribution in [0.2, 0.25) is 0 Å². The minimum Gasteiger partial charge on any atom is -0.462 e. The Bertz CT molecular complexity index is 1100. The van der Waals surface area contributed by atoms with Crippen molar-refractivity contribution in [3.05, 3.63) is 24.3 Å². The Kier molecular flexibility index (Phi) is 31.9. The molecule has 0 heterocycles. The van der Waals surface area contributed by atoms with Gasteiger partial charge in [-0.2, -0.15) is 0 Å². The lowest BCUT2D eigenvalue weighted by Crippen LogP contribution is -2.64. The third kappa shape index (κ3) is 26.9. The van der Waals surface area contributed by atoms with E-state index in [1.807, 2.05) is 0 Å². The summed E-state index contributed by atoms with van der Waals surface area (Å²) in [7, 11) is -5.11. The van der Waals surface area contributed by atoms with Gasteiger partial charge in [0.2, 0.25) is 0 Å². The summed E-state index contributed by atoms with van der Waals surface area (Å²) in [5.74, 6) is -1.11. The summed E-state index contributed by atoms with van der Waals surface area (Å²) in [5, 5.41) is 50.1. The highest BCUT2D eigenvalue weighted by atomic mass is 31.2. The highest BCUT2D eigenvalue weighted by Gasteiger charge is 2.51. The van der Waals surface area contributed by atoms with E-state index in [1.54, 1.807) is 0 Å². The predicted molar refractivity (Wildman–Crippen MR) is 221 cm³/mol. The number of phosphoric acid groups is 1. The topological polar surface area (TPSA) is 210 Å². The molecule has 0 saturated heterocycles. The number of carbonyl (C=O) groups is 2. The molecule has 6 N–H and O–H groups in total. The number of phosphoric ester groups is 1. The third-order valence-corrected chi connectivity index (χ3v) is 11.3. The summed E-state index contributed by atoms with van der Waals surface area (Å²) < 4.78 is 33.4. The van der Waals surface area contributed by atoms with Gasteiger partial charge in [-0.15, -0.1) is 0 Å². The van der Waals surface area contributed by atoms with Gasteiger partial charge in [0.25, 0.3) is 0 Å². The summed E-state index contributed by atoms with van der Waals surface area (Å²) in [5.41, 5.74) is 0. The zero-order chi connectivity index (χ0) is 42.2. The Morgan fingerprint density at radius 2 is 0.895 bits per heavy atom. The van der Waals surface area contributed by atoms with Gasteiger partial charge in [0.1, 0.15) is 43.2 Å². The number of unbranched alkanes of at least 4 members (excludes halogenated alkanes) is 20. The van der Waals surface area contributed by atoms with E-state index < -0.39 is 75.7 Å². The first kappa shape index (κ1) is 53.3. The average Bonchev–Trinajstić information content (AvgIpc) is 3.19. The smallest absolute Gasteiger partial charge is 0.462 e. The number of esters is 2. The SMILES string of the molecule is CCCCCCC=CCCCCCCCCCC(=O)OC[C@H](COP(=O)(O)OC1C(O)C(O)C(O)[C@@H](O)C1O)OC(=O)CCCCCCCC=CCCCCCC. The maximum absolute atomic E-state index is 12.8. The molecule has 8 atom stereocenters. The van der Waals surface area contributed by atoms with E-state index >= 15 is 0 Å². The predicted octanol–water partition coefficient (Wildman–Crippen LogP) is 8.06. The molecule has 0 bridgehead atoms. The van der Waals surface area contributed by atoms with Crippen molar-refractivity contribution in [2.24, 2.45) is 0 Å². The van der Waals surface area contributed by atoms with Gasteiger partial charge >= 0.3 is 19.8 Å². The summed E-state index contributed by atoms with van der Waals surface area (Å²) in [4.78, 5) is 35.6. The fourth-order valence-corrected chi connectivity index (χ4v) is 7.60. The molecule has 14 heteroatoms. The van der Waals surface area contributed by atoms with Crippen molar-refractivity contribution in [2.75, 3.05) is 13.2 Å². The Morgan fingerprint density at radius 1 is 0.526 bits per heavy atom. The van der Waals surface area contributed by atoms with Crippen LogP contribution in [-0.4, -0.2) is 98.3 Å². The van der Waals surface area contributed by atoms with Gasteiger partial charge in [-0.1, -0.05) is 128 Å². The zero-order valence-corrected chi connectivity index (χ0v) is 36.0. The molecule has 1 aliphatic rings. The molecule has 0 radical (unpaired) electrons. The maximum atomic E-state index is 12.8. The van der Waals surface area contributed by atoms with Crippen molar-refractivity contribution >= 4 is 19.8 Å². The molecule has 6 unspecified atom stereocenters. The molecular weight excluding hydrogens is 755 g/mol. The fourth-order valence-electron chi connectivity index (χ4n) is 6.63. The van der Waals surface area contributed by atoms with Gasteiger partial charge in [-0.25, -0.2) is 4.57 Å². The number of aliphatic hydroxyl groups excluding tert-OH is 5. The molecule has 1 rings (SSSR count). The standard InChI is InChI=1S/C43H79O13P/c1-3-5-7-9-11-13-15-17-18-20-21-23-25-27-29-31-36(44)53-33-35(34-54-57(51,52)56-43-41(49)39(47)38(46)40(48)42(43)50)55-37(45)32-30-28-26-24-22-19-16-14-12-10-8-6-4-2/h13-16,35,38-43,46-50H,3-12,17-34H2,1-2H3,(H,51,52)/t35-,38?,39-,40?,41?,42?,43?/m1/s1. The van der Waals surface area contributed by atoms with Crippen LogP contribution in [0.4, 0.5) is 0 Å². The molecule has 0 amide bonds. The summed E-state index contributed by atoms with van der Waals surface area (Å²) in [6.45, 7) is 3.25. The average molecular weight is 835 g/mol. The normalized spacial score (nSPS) is 22.9. The van der Waals surface area contributed by atoms with Crippen LogP contribution in [0.1, 0.15) is 181 Å². The van der Waals surface area contributed by atoms with E-state index in [2.05, 4.69) is 38.2 Å². The number of hydrogen-bond acceptors (Lipinski definition) is 12. The Morgan fingerprint density at radius 3 is 1.33 bits per heavy atom. The quantitative estimate of drug-likeness (QED) is 0.0153. The second-order valence-electron chi connectivity index (χ2n) is 15.5. The van der Waals surface area contributed by atoms with Crippen LogP contribution in [0.5, 0.6) is 0 Å². The zero-order valence-electron chi connectivity index (χ0n) is 35.1. The van der Waals surface area contributed by atoms with Crippen molar-refractivity contribution < 1.29 is 63.1 Å². The minimum atomic E-state index is -5.11. The third-order valence-electron chi connectivity index (χ3n) is 10.3. The molecule has 1 aliphatic carbocycles. The Balaban J connectivity index is 2.49. The van der Waals surface area contributed by atoms with Crippen LogP contribution in [0.25, 0.3) is 0 Å². The summed E-state index contributed by atoms with van der Waals surface area (Å²) in [6, 6.07) is 0. The van der Waals surface area contributed by atoms with E-state index in [0.29, 0.717) is 12.8 Å². The molecule has 0 aromatic heterocycles. The molecule has 1 saturated carbocycles. The van der Waals surface area contributed by atoms with E-state index in [1.165, 1.54) is 70.6 Å². The number of aliphatic hydroxyl groups is 5. The number of hydrogen-bond donors (Lipinski definition) is 6. The maximum Gasteiger partial charge on any atom is 0.472 e. The fraction of sp³-hybridized carbons (Fsp3) is 0.860. The highest BCUT2D eigenvalue weighted by Crippen LogP contribution is 2.47.